The molecule has 2 aromatic carbocycles. The maximum Gasteiger partial charge on any atom is 0.274 e. The molecule has 0 unspecified atom stereocenters. The summed E-state index contributed by atoms with van der Waals surface area (Å²) in [4.78, 5) is 32.0. The van der Waals surface area contributed by atoms with E-state index < -0.39 is 0 Å². The largest absolute Gasteiger partial charge is 0.326 e. The van der Waals surface area contributed by atoms with Gasteiger partial charge in [0.15, 0.2) is 0 Å². The molecular weight excluding hydrogens is 354 g/mol. The number of carbonyl (C=O) groups is 2. The fourth-order valence-electron chi connectivity index (χ4n) is 2.65. The number of carbonyl (C=O) groups excluding carboxylic acids is 2. The number of anilines is 4. The van der Waals surface area contributed by atoms with Crippen LogP contribution in [0.25, 0.3) is 0 Å². The first kappa shape index (κ1) is 19.0. The number of rotatable bonds is 5. The Bertz CT molecular complexity index is 1020. The second kappa shape index (κ2) is 8.30. The lowest BCUT2D eigenvalue weighted by molar-refractivity contribution is -0.114. The molecule has 0 saturated heterocycles. The molecule has 3 aromatic rings. The average molecular weight is 375 g/mol. The van der Waals surface area contributed by atoms with E-state index in [9.17, 15) is 9.59 Å². The van der Waals surface area contributed by atoms with Gasteiger partial charge >= 0.3 is 0 Å². The lowest BCUT2D eigenvalue weighted by Gasteiger charge is -2.10. The highest BCUT2D eigenvalue weighted by molar-refractivity contribution is 6.03. The van der Waals surface area contributed by atoms with Crippen molar-refractivity contribution in [2.45, 2.75) is 20.8 Å². The first-order valence-corrected chi connectivity index (χ1v) is 8.77. The second-order valence-electron chi connectivity index (χ2n) is 6.42. The van der Waals surface area contributed by atoms with E-state index in [2.05, 4.69) is 25.9 Å². The number of benzene rings is 2. The van der Waals surface area contributed by atoms with Gasteiger partial charge in [0.05, 0.1) is 0 Å². The van der Waals surface area contributed by atoms with Crippen molar-refractivity contribution in [1.29, 1.82) is 0 Å². The summed E-state index contributed by atoms with van der Waals surface area (Å²) >= 11 is 0. The molecule has 7 heteroatoms. The van der Waals surface area contributed by atoms with E-state index in [0.29, 0.717) is 11.6 Å². The van der Waals surface area contributed by atoms with Crippen LogP contribution in [0.3, 0.4) is 0 Å². The average Bonchev–Trinajstić information content (AvgIpc) is 2.65. The summed E-state index contributed by atoms with van der Waals surface area (Å²) in [6.07, 6.45) is 1.53. The summed E-state index contributed by atoms with van der Waals surface area (Å²) < 4.78 is 0. The van der Waals surface area contributed by atoms with Crippen LogP contribution in [-0.4, -0.2) is 21.8 Å². The zero-order valence-electron chi connectivity index (χ0n) is 15.9. The monoisotopic (exact) mass is 375 g/mol. The summed E-state index contributed by atoms with van der Waals surface area (Å²) in [6, 6.07) is 14.5. The Morgan fingerprint density at radius 2 is 1.61 bits per heavy atom. The van der Waals surface area contributed by atoms with Gasteiger partial charge < -0.3 is 16.0 Å². The topological polar surface area (TPSA) is 96.0 Å². The molecule has 7 nitrogen and oxygen atoms in total. The first-order valence-electron chi connectivity index (χ1n) is 8.77. The predicted molar refractivity (Wildman–Crippen MR) is 110 cm³/mol. The van der Waals surface area contributed by atoms with Crippen LogP contribution < -0.4 is 16.0 Å². The van der Waals surface area contributed by atoms with E-state index in [1.54, 1.807) is 30.3 Å². The Kier molecular flexibility index (Phi) is 5.64. The third-order valence-corrected chi connectivity index (χ3v) is 3.98. The van der Waals surface area contributed by atoms with Gasteiger partial charge in [0.25, 0.3) is 5.91 Å². The standard InChI is InChI=1S/C21H21N5O2/c1-13-4-9-18(14(2)12-13)25-20(28)19-10-11-22-21(26-19)24-17-7-5-16(6-8-17)23-15(3)27/h4-12H,1-3H3,(H,23,27)(H,25,28)(H,22,24,26). The molecule has 0 aliphatic rings. The van der Waals surface area contributed by atoms with Crippen molar-refractivity contribution < 1.29 is 9.59 Å². The number of aryl methyl sites for hydroxylation is 2. The first-order chi connectivity index (χ1) is 13.4. The fourth-order valence-corrected chi connectivity index (χ4v) is 2.65. The van der Waals surface area contributed by atoms with Gasteiger partial charge in [0, 0.05) is 30.2 Å². The highest BCUT2D eigenvalue weighted by Gasteiger charge is 2.11. The number of nitrogens with one attached hydrogen (secondary N) is 3. The molecule has 1 heterocycles. The Hall–Kier alpha value is -3.74. The smallest absolute Gasteiger partial charge is 0.274 e. The second-order valence-corrected chi connectivity index (χ2v) is 6.42. The molecular formula is C21H21N5O2. The molecule has 142 valence electrons. The zero-order valence-corrected chi connectivity index (χ0v) is 15.9. The predicted octanol–water partition coefficient (Wildman–Crippen LogP) is 4.05. The van der Waals surface area contributed by atoms with Crippen LogP contribution in [0.2, 0.25) is 0 Å². The lowest BCUT2D eigenvalue weighted by atomic mass is 10.1. The van der Waals surface area contributed by atoms with Crippen LogP contribution in [0.15, 0.2) is 54.7 Å². The van der Waals surface area contributed by atoms with E-state index in [4.69, 9.17) is 0 Å². The summed E-state index contributed by atoms with van der Waals surface area (Å²) in [6.45, 7) is 5.40. The van der Waals surface area contributed by atoms with Gasteiger partial charge in [0.2, 0.25) is 11.9 Å². The van der Waals surface area contributed by atoms with Crippen LogP contribution in [0, 0.1) is 13.8 Å². The van der Waals surface area contributed by atoms with E-state index in [-0.39, 0.29) is 17.5 Å². The Balaban J connectivity index is 1.71. The minimum absolute atomic E-state index is 0.133. The van der Waals surface area contributed by atoms with Crippen molar-refractivity contribution in [3.63, 3.8) is 0 Å². The van der Waals surface area contributed by atoms with Crippen molar-refractivity contribution in [2.24, 2.45) is 0 Å². The highest BCUT2D eigenvalue weighted by atomic mass is 16.2. The van der Waals surface area contributed by atoms with Crippen LogP contribution in [0.5, 0.6) is 0 Å². The number of hydrogen-bond donors (Lipinski definition) is 3. The van der Waals surface area contributed by atoms with Gasteiger partial charge in [-0.3, -0.25) is 9.59 Å². The quantitative estimate of drug-likeness (QED) is 0.625. The minimum Gasteiger partial charge on any atom is -0.326 e. The van der Waals surface area contributed by atoms with Crippen LogP contribution in [0.1, 0.15) is 28.5 Å². The van der Waals surface area contributed by atoms with Crippen LogP contribution in [-0.2, 0) is 4.79 Å². The van der Waals surface area contributed by atoms with Crippen molar-refractivity contribution in [1.82, 2.24) is 9.97 Å². The van der Waals surface area contributed by atoms with Gasteiger partial charge in [-0.05, 0) is 55.8 Å². The van der Waals surface area contributed by atoms with E-state index in [0.717, 1.165) is 22.5 Å². The molecule has 28 heavy (non-hydrogen) atoms. The maximum atomic E-state index is 12.5. The maximum absolute atomic E-state index is 12.5. The van der Waals surface area contributed by atoms with Crippen molar-refractivity contribution >= 4 is 34.8 Å². The number of aromatic nitrogens is 2. The van der Waals surface area contributed by atoms with Gasteiger partial charge in [-0.1, -0.05) is 17.7 Å². The molecule has 3 N–H and O–H groups in total. The van der Waals surface area contributed by atoms with Gasteiger partial charge in [-0.25, -0.2) is 9.97 Å². The number of amides is 2. The highest BCUT2D eigenvalue weighted by Crippen LogP contribution is 2.18. The molecule has 0 spiro atoms. The third kappa shape index (κ3) is 4.91. The van der Waals surface area contributed by atoms with E-state index >= 15 is 0 Å². The molecule has 0 bridgehead atoms. The molecule has 0 aliphatic heterocycles. The zero-order chi connectivity index (χ0) is 20.1. The molecule has 0 aliphatic carbocycles. The van der Waals surface area contributed by atoms with Crippen LogP contribution >= 0.6 is 0 Å². The van der Waals surface area contributed by atoms with Crippen molar-refractivity contribution in [3.8, 4) is 0 Å². The van der Waals surface area contributed by atoms with Crippen LogP contribution in [0.4, 0.5) is 23.0 Å². The minimum atomic E-state index is -0.307. The van der Waals surface area contributed by atoms with Gasteiger partial charge in [-0.2, -0.15) is 0 Å². The number of hydrogen-bond acceptors (Lipinski definition) is 5. The summed E-state index contributed by atoms with van der Waals surface area (Å²) in [7, 11) is 0. The summed E-state index contributed by atoms with van der Waals surface area (Å²) in [5.74, 6) is -0.134. The van der Waals surface area contributed by atoms with Crippen molar-refractivity contribution in [3.05, 3.63) is 71.5 Å². The Morgan fingerprint density at radius 3 is 2.29 bits per heavy atom. The molecule has 0 atom stereocenters. The summed E-state index contributed by atoms with van der Waals surface area (Å²) in [5.41, 5.74) is 4.56. The molecule has 3 rings (SSSR count). The van der Waals surface area contributed by atoms with Gasteiger partial charge in [-0.15, -0.1) is 0 Å². The Morgan fingerprint density at radius 1 is 0.893 bits per heavy atom. The van der Waals surface area contributed by atoms with E-state index in [1.165, 1.54) is 13.1 Å². The molecule has 1 aromatic heterocycles. The molecule has 0 fully saturated rings. The van der Waals surface area contributed by atoms with E-state index in [1.807, 2.05) is 32.0 Å². The summed E-state index contributed by atoms with van der Waals surface area (Å²) in [5, 5.41) is 8.62. The number of nitrogens with zero attached hydrogens (tertiary/aromatic N) is 2. The lowest BCUT2D eigenvalue weighted by Crippen LogP contribution is -2.15. The third-order valence-electron chi connectivity index (χ3n) is 3.98. The normalized spacial score (nSPS) is 10.2. The Labute approximate surface area is 163 Å². The molecule has 2 amide bonds. The van der Waals surface area contributed by atoms with Gasteiger partial charge in [0.1, 0.15) is 5.69 Å². The molecule has 0 saturated carbocycles. The SMILES string of the molecule is CC(=O)Nc1ccc(Nc2nccc(C(=O)Nc3ccc(C)cc3C)n2)cc1. The van der Waals surface area contributed by atoms with Crippen molar-refractivity contribution in [2.75, 3.05) is 16.0 Å². The fraction of sp³-hybridized carbons (Fsp3) is 0.143. The molecule has 0 radical (unpaired) electrons.